The number of nitrogens with zero attached hydrogens (tertiary/aromatic N) is 3. The molecule has 1 saturated heterocycles. The zero-order chi connectivity index (χ0) is 16.4. The van der Waals surface area contributed by atoms with Gasteiger partial charge in [-0.15, -0.1) is 36.6 Å². The van der Waals surface area contributed by atoms with Crippen molar-refractivity contribution in [2.45, 2.75) is 29.6 Å². The zero-order valence-corrected chi connectivity index (χ0v) is 15.9. The molecule has 1 aromatic carbocycles. The molecule has 140 valence electrons. The smallest absolute Gasteiger partial charge is 0.137 e. The minimum atomic E-state index is -1.52. The first-order valence-electron chi connectivity index (χ1n) is 7.35. The van der Waals surface area contributed by atoms with E-state index in [1.165, 1.54) is 23.4 Å². The van der Waals surface area contributed by atoms with Crippen molar-refractivity contribution in [2.75, 3.05) is 13.1 Å². The average molecular weight is 413 g/mol. The van der Waals surface area contributed by atoms with Gasteiger partial charge in [-0.2, -0.15) is 5.10 Å². The maximum atomic E-state index is 14.3. The van der Waals surface area contributed by atoms with Gasteiger partial charge in [0.1, 0.15) is 29.9 Å². The van der Waals surface area contributed by atoms with E-state index < -0.39 is 17.2 Å². The number of thioether (sulfide) groups is 1. The van der Waals surface area contributed by atoms with Crippen LogP contribution in [0.2, 0.25) is 0 Å². The van der Waals surface area contributed by atoms with Crippen molar-refractivity contribution in [3.05, 3.63) is 48.1 Å². The fourth-order valence-corrected chi connectivity index (χ4v) is 4.03. The lowest BCUT2D eigenvalue weighted by Crippen LogP contribution is -2.49. The molecule has 2 N–H and O–H groups in total. The molecule has 25 heavy (non-hydrogen) atoms. The van der Waals surface area contributed by atoms with E-state index in [4.69, 9.17) is 0 Å². The van der Waals surface area contributed by atoms with Gasteiger partial charge >= 0.3 is 0 Å². The molecule has 0 amide bonds. The van der Waals surface area contributed by atoms with Gasteiger partial charge < -0.3 is 10.4 Å². The minimum absolute atomic E-state index is 0. The molecule has 1 aromatic heterocycles. The summed E-state index contributed by atoms with van der Waals surface area (Å²) in [7, 11) is 0. The summed E-state index contributed by atoms with van der Waals surface area (Å²) in [5.74, 6) is -1.43. The SMILES string of the molecule is C[C@@H](SC1CNC1)[C@](O)(Cn1cncn1)c1ccc(F)cc1F.Cl.Cl. The molecule has 0 radical (unpaired) electrons. The predicted octanol–water partition coefficient (Wildman–Crippen LogP) is 2.38. The fourth-order valence-electron chi connectivity index (χ4n) is 2.59. The summed E-state index contributed by atoms with van der Waals surface area (Å²) in [6.07, 6.45) is 2.82. The number of hydrogen-bond acceptors (Lipinski definition) is 5. The molecule has 2 atom stereocenters. The molecular weight excluding hydrogens is 393 g/mol. The zero-order valence-electron chi connectivity index (χ0n) is 13.4. The van der Waals surface area contributed by atoms with Crippen LogP contribution in [0.25, 0.3) is 0 Å². The molecule has 10 heteroatoms. The third kappa shape index (κ3) is 4.83. The highest BCUT2D eigenvalue weighted by Crippen LogP contribution is 2.38. The number of rotatable bonds is 6. The van der Waals surface area contributed by atoms with Crippen LogP contribution in [0.1, 0.15) is 12.5 Å². The molecule has 3 rings (SSSR count). The Morgan fingerprint density at radius 2 is 2.12 bits per heavy atom. The van der Waals surface area contributed by atoms with Crippen LogP contribution in [-0.4, -0.2) is 43.5 Å². The average Bonchev–Trinajstić information content (AvgIpc) is 2.95. The van der Waals surface area contributed by atoms with E-state index in [0.717, 1.165) is 25.2 Å². The van der Waals surface area contributed by atoms with Crippen molar-refractivity contribution in [3.63, 3.8) is 0 Å². The Balaban J connectivity index is 0.00000156. The lowest BCUT2D eigenvalue weighted by Gasteiger charge is -2.38. The van der Waals surface area contributed by atoms with Crippen LogP contribution in [0, 0.1) is 11.6 Å². The van der Waals surface area contributed by atoms with Crippen molar-refractivity contribution in [1.29, 1.82) is 0 Å². The summed E-state index contributed by atoms with van der Waals surface area (Å²) < 4.78 is 29.0. The van der Waals surface area contributed by atoms with Gasteiger partial charge in [0.15, 0.2) is 0 Å². The maximum Gasteiger partial charge on any atom is 0.137 e. The topological polar surface area (TPSA) is 63.0 Å². The van der Waals surface area contributed by atoms with Gasteiger partial charge in [-0.3, -0.25) is 0 Å². The molecule has 0 saturated carbocycles. The van der Waals surface area contributed by atoms with Gasteiger partial charge in [-0.25, -0.2) is 18.4 Å². The van der Waals surface area contributed by atoms with Crippen LogP contribution in [0.4, 0.5) is 8.78 Å². The second-order valence-electron chi connectivity index (χ2n) is 5.70. The fraction of sp³-hybridized carbons (Fsp3) is 0.467. The third-order valence-electron chi connectivity index (χ3n) is 4.08. The highest BCUT2D eigenvalue weighted by Gasteiger charge is 2.41. The Hall–Kier alpha value is -0.930. The molecule has 1 aliphatic rings. The van der Waals surface area contributed by atoms with Gasteiger partial charge in [-0.1, -0.05) is 13.0 Å². The van der Waals surface area contributed by atoms with Crippen molar-refractivity contribution in [1.82, 2.24) is 20.1 Å². The van der Waals surface area contributed by atoms with Gasteiger partial charge in [0, 0.05) is 35.2 Å². The second kappa shape index (κ2) is 9.14. The molecule has 0 unspecified atom stereocenters. The molecule has 0 spiro atoms. The van der Waals surface area contributed by atoms with Crippen molar-refractivity contribution in [3.8, 4) is 0 Å². The molecule has 0 bridgehead atoms. The summed E-state index contributed by atoms with van der Waals surface area (Å²) in [6, 6.07) is 3.26. The first-order chi connectivity index (χ1) is 11.0. The summed E-state index contributed by atoms with van der Waals surface area (Å²) in [5.41, 5.74) is -1.45. The number of benzene rings is 1. The molecule has 2 aromatic rings. The Labute approximate surface area is 161 Å². The van der Waals surface area contributed by atoms with Gasteiger partial charge in [0.2, 0.25) is 0 Å². The van der Waals surface area contributed by atoms with Crippen LogP contribution in [0.5, 0.6) is 0 Å². The van der Waals surface area contributed by atoms with Crippen LogP contribution in [0.3, 0.4) is 0 Å². The highest BCUT2D eigenvalue weighted by atomic mass is 35.5. The van der Waals surface area contributed by atoms with Crippen LogP contribution in [0.15, 0.2) is 30.9 Å². The van der Waals surface area contributed by atoms with E-state index in [-0.39, 0.29) is 42.2 Å². The normalized spacial score (nSPS) is 17.6. The summed E-state index contributed by atoms with van der Waals surface area (Å²) >= 11 is 1.59. The largest absolute Gasteiger partial charge is 0.382 e. The first kappa shape index (κ1) is 22.1. The van der Waals surface area contributed by atoms with Crippen LogP contribution in [-0.2, 0) is 12.1 Å². The Kier molecular flexibility index (Phi) is 8.08. The van der Waals surface area contributed by atoms with E-state index >= 15 is 0 Å². The molecule has 2 heterocycles. The number of nitrogens with one attached hydrogen (secondary N) is 1. The van der Waals surface area contributed by atoms with Crippen molar-refractivity contribution in [2.24, 2.45) is 0 Å². The molecular formula is C15H20Cl2F2N4OS. The van der Waals surface area contributed by atoms with E-state index in [2.05, 4.69) is 15.4 Å². The number of aliphatic hydroxyl groups is 1. The Morgan fingerprint density at radius 1 is 1.40 bits per heavy atom. The summed E-state index contributed by atoms with van der Waals surface area (Å²) in [4.78, 5) is 3.85. The lowest BCUT2D eigenvalue weighted by molar-refractivity contribution is 0.0131. The van der Waals surface area contributed by atoms with E-state index in [1.807, 2.05) is 6.92 Å². The molecule has 1 fully saturated rings. The lowest BCUT2D eigenvalue weighted by atomic mass is 9.90. The quantitative estimate of drug-likeness (QED) is 0.762. The molecule has 1 aliphatic heterocycles. The highest BCUT2D eigenvalue weighted by molar-refractivity contribution is 8.00. The van der Waals surface area contributed by atoms with E-state index in [9.17, 15) is 13.9 Å². The Morgan fingerprint density at radius 3 is 2.64 bits per heavy atom. The molecule has 0 aliphatic carbocycles. The van der Waals surface area contributed by atoms with Crippen LogP contribution < -0.4 is 5.32 Å². The van der Waals surface area contributed by atoms with Gasteiger partial charge in [0.25, 0.3) is 0 Å². The molecule has 5 nitrogen and oxygen atoms in total. The predicted molar refractivity (Wildman–Crippen MR) is 98.5 cm³/mol. The number of hydrogen-bond donors (Lipinski definition) is 2. The van der Waals surface area contributed by atoms with Gasteiger partial charge in [0.05, 0.1) is 6.54 Å². The number of aromatic nitrogens is 3. The Bertz CT molecular complexity index is 676. The van der Waals surface area contributed by atoms with E-state index in [1.54, 1.807) is 11.8 Å². The summed E-state index contributed by atoms with van der Waals surface area (Å²) in [6.45, 7) is 3.62. The first-order valence-corrected chi connectivity index (χ1v) is 8.30. The van der Waals surface area contributed by atoms with Gasteiger partial charge in [-0.05, 0) is 6.07 Å². The maximum absolute atomic E-state index is 14.3. The number of halogens is 4. The van der Waals surface area contributed by atoms with Crippen molar-refractivity contribution < 1.29 is 13.9 Å². The standard InChI is InChI=1S/C15H18F2N4OS.2ClH/c1-10(23-12-5-18-6-12)15(22,7-21-9-19-8-20-21)13-3-2-11(16)4-14(13)17;;/h2-4,8-10,12,18,22H,5-7H2,1H3;2*1H/t10-,15-;;/m1../s1. The van der Waals surface area contributed by atoms with E-state index in [0.29, 0.717) is 5.25 Å². The second-order valence-corrected chi connectivity index (χ2v) is 7.35. The van der Waals surface area contributed by atoms with Crippen molar-refractivity contribution >= 4 is 36.6 Å². The monoisotopic (exact) mass is 412 g/mol. The van der Waals surface area contributed by atoms with Crippen LogP contribution >= 0.6 is 36.6 Å². The minimum Gasteiger partial charge on any atom is -0.382 e. The third-order valence-corrected chi connectivity index (χ3v) is 5.60. The summed E-state index contributed by atoms with van der Waals surface area (Å²) in [5, 5.41) is 18.5.